The number of anilines is 2. The maximum atomic E-state index is 11.8. The number of nitrogens with zero attached hydrogens (tertiary/aromatic N) is 1. The molecule has 1 unspecified atom stereocenters. The molecule has 114 valence electrons. The third-order valence-corrected chi connectivity index (χ3v) is 4.25. The van der Waals surface area contributed by atoms with Gasteiger partial charge in [0.1, 0.15) is 0 Å². The van der Waals surface area contributed by atoms with Crippen molar-refractivity contribution < 1.29 is 18.3 Å². The number of nitrogen functional groups attached to an aromatic ring is 1. The van der Waals surface area contributed by atoms with Crippen LogP contribution in [0.3, 0.4) is 0 Å². The molecule has 0 saturated heterocycles. The van der Waals surface area contributed by atoms with Crippen molar-refractivity contribution in [2.75, 3.05) is 45.0 Å². The largest absolute Gasteiger partial charge is 0.397 e. The van der Waals surface area contributed by atoms with Gasteiger partial charge >= 0.3 is 0 Å². The van der Waals surface area contributed by atoms with Gasteiger partial charge in [0.25, 0.3) is 0 Å². The molecule has 0 spiro atoms. The number of rotatable bonds is 7. The molecule has 0 saturated carbocycles. The molecule has 1 aromatic carbocycles. The standard InChI is InChI=1S/C12H21N3O4S/c1-14-20(17,18)10-4-5-11(13)12(6-10)15(2)7-9(16)8-19-3/h4-6,9,14,16H,7-8,13H2,1-3H3. The number of nitrogens with two attached hydrogens (primary N) is 1. The van der Waals surface area contributed by atoms with Crippen molar-refractivity contribution >= 4 is 21.4 Å². The zero-order chi connectivity index (χ0) is 15.3. The van der Waals surface area contributed by atoms with Gasteiger partial charge in [0.2, 0.25) is 10.0 Å². The van der Waals surface area contributed by atoms with Crippen molar-refractivity contribution in [1.82, 2.24) is 4.72 Å². The number of aliphatic hydroxyl groups excluding tert-OH is 1. The molecule has 4 N–H and O–H groups in total. The van der Waals surface area contributed by atoms with E-state index in [9.17, 15) is 13.5 Å². The lowest BCUT2D eigenvalue weighted by Crippen LogP contribution is -2.32. The molecule has 0 aliphatic rings. The Labute approximate surface area is 119 Å². The lowest BCUT2D eigenvalue weighted by Gasteiger charge is -2.24. The number of hydrogen-bond donors (Lipinski definition) is 3. The maximum Gasteiger partial charge on any atom is 0.240 e. The monoisotopic (exact) mass is 303 g/mol. The number of benzene rings is 1. The lowest BCUT2D eigenvalue weighted by atomic mass is 10.2. The molecule has 0 aliphatic carbocycles. The van der Waals surface area contributed by atoms with E-state index in [0.717, 1.165) is 0 Å². The van der Waals surface area contributed by atoms with E-state index in [-0.39, 0.29) is 18.0 Å². The van der Waals surface area contributed by atoms with Crippen molar-refractivity contribution in [3.05, 3.63) is 18.2 Å². The van der Waals surface area contributed by atoms with Crippen LogP contribution in [0.4, 0.5) is 11.4 Å². The number of methoxy groups -OCH3 is 1. The summed E-state index contributed by atoms with van der Waals surface area (Å²) >= 11 is 0. The van der Waals surface area contributed by atoms with Crippen LogP contribution >= 0.6 is 0 Å². The Morgan fingerprint density at radius 2 is 2.15 bits per heavy atom. The first kappa shape index (κ1) is 16.7. The smallest absolute Gasteiger partial charge is 0.240 e. The van der Waals surface area contributed by atoms with Crippen molar-refractivity contribution in [3.63, 3.8) is 0 Å². The third-order valence-electron chi connectivity index (χ3n) is 2.84. The van der Waals surface area contributed by atoms with Crippen LogP contribution in [-0.4, -0.2) is 54.0 Å². The fraction of sp³-hybridized carbons (Fsp3) is 0.500. The number of sulfonamides is 1. The van der Waals surface area contributed by atoms with Gasteiger partial charge in [-0.1, -0.05) is 0 Å². The fourth-order valence-corrected chi connectivity index (χ4v) is 2.55. The van der Waals surface area contributed by atoms with Gasteiger partial charge in [-0.25, -0.2) is 13.1 Å². The summed E-state index contributed by atoms with van der Waals surface area (Å²) in [5.41, 5.74) is 6.83. The minimum absolute atomic E-state index is 0.122. The van der Waals surface area contributed by atoms with E-state index in [1.807, 2.05) is 0 Å². The average molecular weight is 303 g/mol. The van der Waals surface area contributed by atoms with Gasteiger partial charge in [0, 0.05) is 20.7 Å². The molecule has 8 heteroatoms. The first-order chi connectivity index (χ1) is 9.31. The van der Waals surface area contributed by atoms with Gasteiger partial charge < -0.3 is 20.5 Å². The molecule has 7 nitrogen and oxygen atoms in total. The summed E-state index contributed by atoms with van der Waals surface area (Å²) in [6.07, 6.45) is -0.686. The summed E-state index contributed by atoms with van der Waals surface area (Å²) in [6, 6.07) is 4.43. The van der Waals surface area contributed by atoms with E-state index in [1.54, 1.807) is 11.9 Å². The second kappa shape index (κ2) is 6.89. The molecule has 1 aromatic rings. The second-order valence-corrected chi connectivity index (χ2v) is 6.30. The van der Waals surface area contributed by atoms with E-state index >= 15 is 0 Å². The van der Waals surface area contributed by atoms with E-state index in [1.165, 1.54) is 32.4 Å². The minimum Gasteiger partial charge on any atom is -0.397 e. The van der Waals surface area contributed by atoms with Crippen LogP contribution in [0.1, 0.15) is 0 Å². The molecule has 20 heavy (non-hydrogen) atoms. The first-order valence-electron chi connectivity index (χ1n) is 6.03. The molecule has 1 rings (SSSR count). The fourth-order valence-electron chi connectivity index (χ4n) is 1.80. The second-order valence-electron chi connectivity index (χ2n) is 4.42. The Morgan fingerprint density at radius 3 is 2.70 bits per heavy atom. The predicted molar refractivity (Wildman–Crippen MR) is 78.3 cm³/mol. The minimum atomic E-state index is -3.53. The van der Waals surface area contributed by atoms with E-state index in [2.05, 4.69) is 4.72 Å². The predicted octanol–water partition coefficient (Wildman–Crippen LogP) is -0.380. The summed E-state index contributed by atoms with van der Waals surface area (Å²) < 4.78 is 30.6. The number of nitrogens with one attached hydrogen (secondary N) is 1. The molecule has 0 radical (unpaired) electrons. The van der Waals surface area contributed by atoms with E-state index in [0.29, 0.717) is 11.4 Å². The summed E-state index contributed by atoms with van der Waals surface area (Å²) in [6.45, 7) is 0.472. The maximum absolute atomic E-state index is 11.8. The zero-order valence-corrected chi connectivity index (χ0v) is 12.6. The molecular formula is C12H21N3O4S. The highest BCUT2D eigenvalue weighted by molar-refractivity contribution is 7.89. The highest BCUT2D eigenvalue weighted by Crippen LogP contribution is 2.25. The van der Waals surface area contributed by atoms with Crippen molar-refractivity contribution in [3.8, 4) is 0 Å². The van der Waals surface area contributed by atoms with Crippen LogP contribution < -0.4 is 15.4 Å². The van der Waals surface area contributed by atoms with E-state index < -0.39 is 16.1 Å². The Balaban J connectivity index is 3.02. The summed E-state index contributed by atoms with van der Waals surface area (Å²) in [5.74, 6) is 0. The molecule has 0 fully saturated rings. The summed E-state index contributed by atoms with van der Waals surface area (Å²) in [5, 5.41) is 9.71. The Hall–Kier alpha value is -1.35. The van der Waals surface area contributed by atoms with Crippen LogP contribution in [0, 0.1) is 0 Å². The number of likely N-dealkylation sites (N-methyl/N-ethyl adjacent to an activating group) is 1. The molecule has 0 aromatic heterocycles. The van der Waals surface area contributed by atoms with Gasteiger partial charge in [-0.05, 0) is 25.2 Å². The Kier molecular flexibility index (Phi) is 5.75. The van der Waals surface area contributed by atoms with Crippen molar-refractivity contribution in [2.24, 2.45) is 0 Å². The van der Waals surface area contributed by atoms with Crippen LogP contribution in [-0.2, 0) is 14.8 Å². The van der Waals surface area contributed by atoms with Gasteiger partial charge in [0.15, 0.2) is 0 Å². The van der Waals surface area contributed by atoms with Crippen LogP contribution in [0.15, 0.2) is 23.1 Å². The molecule has 0 amide bonds. The summed E-state index contributed by atoms with van der Waals surface area (Å²) in [7, 11) is 1.04. The normalized spacial score (nSPS) is 13.2. The molecule has 0 heterocycles. The third kappa shape index (κ3) is 4.07. The highest BCUT2D eigenvalue weighted by Gasteiger charge is 2.16. The topological polar surface area (TPSA) is 105 Å². The average Bonchev–Trinajstić information content (AvgIpc) is 2.39. The quantitative estimate of drug-likeness (QED) is 0.593. The van der Waals surface area contributed by atoms with Crippen molar-refractivity contribution in [2.45, 2.75) is 11.0 Å². The van der Waals surface area contributed by atoms with E-state index in [4.69, 9.17) is 10.5 Å². The van der Waals surface area contributed by atoms with Crippen LogP contribution in [0.2, 0.25) is 0 Å². The van der Waals surface area contributed by atoms with Gasteiger partial charge in [-0.2, -0.15) is 0 Å². The highest BCUT2D eigenvalue weighted by atomic mass is 32.2. The molecule has 0 aliphatic heterocycles. The Morgan fingerprint density at radius 1 is 1.50 bits per heavy atom. The first-order valence-corrected chi connectivity index (χ1v) is 7.51. The zero-order valence-electron chi connectivity index (χ0n) is 11.8. The van der Waals surface area contributed by atoms with Crippen LogP contribution in [0.25, 0.3) is 0 Å². The lowest BCUT2D eigenvalue weighted by molar-refractivity contribution is 0.0695. The number of aliphatic hydroxyl groups is 1. The van der Waals surface area contributed by atoms with Gasteiger partial charge in [0.05, 0.1) is 29.0 Å². The Bertz CT molecular complexity index is 548. The number of hydrogen-bond acceptors (Lipinski definition) is 6. The SMILES string of the molecule is CNS(=O)(=O)c1ccc(N)c(N(C)CC(O)COC)c1. The van der Waals surface area contributed by atoms with Gasteiger partial charge in [-0.3, -0.25) is 0 Å². The van der Waals surface area contributed by atoms with Crippen LogP contribution in [0.5, 0.6) is 0 Å². The molecule has 1 atom stereocenters. The van der Waals surface area contributed by atoms with Gasteiger partial charge in [-0.15, -0.1) is 0 Å². The molecule has 0 bridgehead atoms. The summed E-state index contributed by atoms with van der Waals surface area (Å²) in [4.78, 5) is 1.81. The number of ether oxygens (including phenoxy) is 1. The molecular weight excluding hydrogens is 282 g/mol. The van der Waals surface area contributed by atoms with Crippen molar-refractivity contribution in [1.29, 1.82) is 0 Å².